The first-order chi connectivity index (χ1) is 19.3. The summed E-state index contributed by atoms with van der Waals surface area (Å²) in [5.41, 5.74) is 11.5. The van der Waals surface area contributed by atoms with Crippen LogP contribution in [-0.4, -0.2) is 34.8 Å². The van der Waals surface area contributed by atoms with Crippen LogP contribution in [0.4, 0.5) is 5.69 Å². The van der Waals surface area contributed by atoms with Gasteiger partial charge in [-0.25, -0.2) is 0 Å². The van der Waals surface area contributed by atoms with E-state index in [0.29, 0.717) is 24.4 Å². The molecule has 218 valence electrons. The van der Waals surface area contributed by atoms with Crippen molar-refractivity contribution in [3.8, 4) is 22.4 Å². The number of carbonyl (C=O) groups is 2. The highest BCUT2D eigenvalue weighted by atomic mass is 16.2. The first-order valence-corrected chi connectivity index (χ1v) is 14.8. The Morgan fingerprint density at radius 3 is 2.15 bits per heavy atom. The number of benzene rings is 2. The van der Waals surface area contributed by atoms with Crippen LogP contribution in [0.3, 0.4) is 0 Å². The smallest absolute Gasteiger partial charge is 0.224 e. The maximum absolute atomic E-state index is 13.1. The number of hydrogen-bond acceptors (Lipinski definition) is 4. The second-order valence-corrected chi connectivity index (χ2v) is 13.5. The topological polar surface area (TPSA) is 88.3 Å². The first kappa shape index (κ1) is 30.4. The van der Waals surface area contributed by atoms with E-state index in [4.69, 9.17) is 10.7 Å². The van der Waals surface area contributed by atoms with Crippen LogP contribution >= 0.6 is 0 Å². The minimum Gasteiger partial charge on any atom is -0.343 e. The Balaban J connectivity index is 1.42. The van der Waals surface area contributed by atoms with Crippen LogP contribution in [0.15, 0.2) is 66.9 Å². The Morgan fingerprint density at radius 2 is 1.56 bits per heavy atom. The van der Waals surface area contributed by atoms with E-state index in [9.17, 15) is 9.59 Å². The van der Waals surface area contributed by atoms with E-state index in [1.165, 1.54) is 0 Å². The van der Waals surface area contributed by atoms with Gasteiger partial charge in [0.15, 0.2) is 0 Å². The van der Waals surface area contributed by atoms with Crippen molar-refractivity contribution in [2.45, 2.75) is 84.7 Å². The van der Waals surface area contributed by atoms with Gasteiger partial charge in [0.2, 0.25) is 11.8 Å². The molecule has 0 atom stereocenters. The van der Waals surface area contributed by atoms with Gasteiger partial charge in [-0.2, -0.15) is 0 Å². The number of aromatic nitrogens is 1. The third kappa shape index (κ3) is 8.26. The van der Waals surface area contributed by atoms with Gasteiger partial charge >= 0.3 is 0 Å². The van der Waals surface area contributed by atoms with E-state index in [2.05, 4.69) is 62.5 Å². The van der Waals surface area contributed by atoms with Gasteiger partial charge in [0.05, 0.1) is 17.6 Å². The Morgan fingerprint density at radius 1 is 0.927 bits per heavy atom. The molecule has 0 spiro atoms. The summed E-state index contributed by atoms with van der Waals surface area (Å²) in [6.45, 7) is 10.3. The van der Waals surface area contributed by atoms with Gasteiger partial charge in [0.25, 0.3) is 0 Å². The molecule has 3 N–H and O–H groups in total. The molecule has 0 radical (unpaired) electrons. The zero-order valence-electron chi connectivity index (χ0n) is 25.5. The molecule has 0 aliphatic heterocycles. The van der Waals surface area contributed by atoms with Crippen molar-refractivity contribution in [1.82, 2.24) is 9.88 Å². The molecule has 1 saturated carbocycles. The van der Waals surface area contributed by atoms with Gasteiger partial charge in [0.1, 0.15) is 0 Å². The number of nitrogens with two attached hydrogens (primary N) is 1. The number of anilines is 1. The summed E-state index contributed by atoms with van der Waals surface area (Å²) in [7, 11) is 1.93. The maximum Gasteiger partial charge on any atom is 0.224 e. The quantitative estimate of drug-likeness (QED) is 0.304. The number of carbonyl (C=O) groups excluding carboxylic acids is 2. The van der Waals surface area contributed by atoms with Gasteiger partial charge in [-0.05, 0) is 68.1 Å². The highest BCUT2D eigenvalue weighted by Gasteiger charge is 2.29. The molecule has 1 aromatic heterocycles. The van der Waals surface area contributed by atoms with Crippen LogP contribution in [0, 0.1) is 11.3 Å². The Hall–Kier alpha value is -3.51. The largest absolute Gasteiger partial charge is 0.343 e. The fourth-order valence-electron chi connectivity index (χ4n) is 5.65. The molecular formula is C35H46N4O2. The van der Waals surface area contributed by atoms with Crippen molar-refractivity contribution < 1.29 is 9.59 Å². The summed E-state index contributed by atoms with van der Waals surface area (Å²) >= 11 is 0. The van der Waals surface area contributed by atoms with Crippen molar-refractivity contribution in [3.63, 3.8) is 0 Å². The van der Waals surface area contributed by atoms with E-state index in [0.717, 1.165) is 53.6 Å². The average Bonchev–Trinajstić information content (AvgIpc) is 2.92. The van der Waals surface area contributed by atoms with Gasteiger partial charge in [0, 0.05) is 42.6 Å². The van der Waals surface area contributed by atoms with Crippen LogP contribution in [0.25, 0.3) is 22.4 Å². The van der Waals surface area contributed by atoms with Gasteiger partial charge in [-0.1, -0.05) is 75.4 Å². The summed E-state index contributed by atoms with van der Waals surface area (Å²) in [4.78, 5) is 32.5. The van der Waals surface area contributed by atoms with Crippen LogP contribution in [-0.2, 0) is 15.1 Å². The Labute approximate surface area is 245 Å². The van der Waals surface area contributed by atoms with Crippen LogP contribution in [0.1, 0.15) is 78.7 Å². The number of hydrogen-bond donors (Lipinski definition) is 2. The minimum absolute atomic E-state index is 0.00806. The standard InChI is InChI=1S/C35H46N4O2/c1-34(2,3)22-32(41)39(6)29-18-12-24(13-19-29)20-31(40)38-28-21-30(25-10-8-7-9-11-25)33(37-23-28)26-14-16-27(17-15-26)35(4,5)36/h7-11,14-17,21,23-24,29H,12-13,18-20,22,36H2,1-6H3,(H,38,40)/t24-,29-. The molecule has 0 saturated heterocycles. The molecule has 1 fully saturated rings. The molecule has 4 rings (SSSR count). The summed E-state index contributed by atoms with van der Waals surface area (Å²) in [5.74, 6) is 0.542. The lowest BCUT2D eigenvalue weighted by molar-refractivity contribution is -0.134. The molecule has 1 aliphatic carbocycles. The fourth-order valence-corrected chi connectivity index (χ4v) is 5.65. The SMILES string of the molecule is CN(C(=O)CC(C)(C)C)[C@H]1CC[C@H](CC(=O)Nc2cnc(-c3ccc(C(C)(C)N)cc3)c(-c3ccccc3)c2)CC1. The zero-order chi connectivity index (χ0) is 29.8. The summed E-state index contributed by atoms with van der Waals surface area (Å²) < 4.78 is 0. The Kier molecular flexibility index (Phi) is 9.33. The lowest BCUT2D eigenvalue weighted by atomic mass is 9.83. The zero-order valence-corrected chi connectivity index (χ0v) is 25.5. The van der Waals surface area contributed by atoms with E-state index < -0.39 is 5.54 Å². The van der Waals surface area contributed by atoms with Crippen LogP contribution < -0.4 is 11.1 Å². The highest BCUT2D eigenvalue weighted by molar-refractivity contribution is 5.93. The van der Waals surface area contributed by atoms with Gasteiger partial charge < -0.3 is 16.0 Å². The van der Waals surface area contributed by atoms with Crippen molar-refractivity contribution in [3.05, 3.63) is 72.4 Å². The molecule has 6 nitrogen and oxygen atoms in total. The molecule has 2 amide bonds. The summed E-state index contributed by atoms with van der Waals surface area (Å²) in [5, 5.41) is 3.10. The molecule has 0 bridgehead atoms. The molecular weight excluding hydrogens is 508 g/mol. The van der Waals surface area contributed by atoms with E-state index in [-0.39, 0.29) is 23.3 Å². The van der Waals surface area contributed by atoms with Crippen molar-refractivity contribution >= 4 is 17.5 Å². The Bertz CT molecular complexity index is 1330. The van der Waals surface area contributed by atoms with Crippen molar-refractivity contribution in [1.29, 1.82) is 0 Å². The molecule has 2 aromatic carbocycles. The maximum atomic E-state index is 13.1. The summed E-state index contributed by atoms with van der Waals surface area (Å²) in [6.07, 6.45) is 6.57. The lowest BCUT2D eigenvalue weighted by Crippen LogP contribution is -2.41. The molecule has 6 heteroatoms. The van der Waals surface area contributed by atoms with E-state index in [1.807, 2.05) is 50.1 Å². The molecule has 3 aromatic rings. The monoisotopic (exact) mass is 554 g/mol. The predicted molar refractivity (Wildman–Crippen MR) is 168 cm³/mol. The van der Waals surface area contributed by atoms with Crippen LogP contribution in [0.5, 0.6) is 0 Å². The minimum atomic E-state index is -0.415. The van der Waals surface area contributed by atoms with E-state index >= 15 is 0 Å². The van der Waals surface area contributed by atoms with E-state index in [1.54, 1.807) is 6.20 Å². The van der Waals surface area contributed by atoms with Gasteiger partial charge in [-0.3, -0.25) is 14.6 Å². The predicted octanol–water partition coefficient (Wildman–Crippen LogP) is 7.39. The molecule has 41 heavy (non-hydrogen) atoms. The number of pyridine rings is 1. The van der Waals surface area contributed by atoms with Gasteiger partial charge in [-0.15, -0.1) is 0 Å². The van der Waals surface area contributed by atoms with Crippen LogP contribution in [0.2, 0.25) is 0 Å². The second kappa shape index (κ2) is 12.6. The molecule has 1 aliphatic rings. The number of rotatable bonds is 8. The third-order valence-electron chi connectivity index (χ3n) is 8.07. The number of nitrogens with one attached hydrogen (secondary N) is 1. The second-order valence-electron chi connectivity index (χ2n) is 13.5. The lowest BCUT2D eigenvalue weighted by Gasteiger charge is -2.35. The average molecular weight is 555 g/mol. The van der Waals surface area contributed by atoms with Crippen molar-refractivity contribution in [2.75, 3.05) is 12.4 Å². The molecule has 0 unspecified atom stereocenters. The number of amides is 2. The third-order valence-corrected chi connectivity index (χ3v) is 8.07. The highest BCUT2D eigenvalue weighted by Crippen LogP contribution is 2.34. The summed E-state index contributed by atoms with van der Waals surface area (Å²) in [6, 6.07) is 20.6. The fraction of sp³-hybridized carbons (Fsp3) is 0.457. The van der Waals surface area contributed by atoms with Crippen molar-refractivity contribution in [2.24, 2.45) is 17.1 Å². The molecule has 1 heterocycles. The number of nitrogens with zero attached hydrogens (tertiary/aromatic N) is 2. The first-order valence-electron chi connectivity index (χ1n) is 14.8. The normalized spacial score (nSPS) is 17.6.